The van der Waals surface area contributed by atoms with E-state index in [-0.39, 0.29) is 17.5 Å². The smallest absolute Gasteiger partial charge is 0.242 e. The maximum Gasteiger partial charge on any atom is 0.242 e. The van der Waals surface area contributed by atoms with Crippen molar-refractivity contribution in [2.24, 2.45) is 0 Å². The van der Waals surface area contributed by atoms with E-state index >= 15 is 0 Å². The van der Waals surface area contributed by atoms with Gasteiger partial charge in [0, 0.05) is 6.04 Å². The van der Waals surface area contributed by atoms with Gasteiger partial charge in [-0.05, 0) is 12.8 Å². The van der Waals surface area contributed by atoms with Crippen molar-refractivity contribution < 1.29 is 13.2 Å². The molecule has 0 saturated carbocycles. The van der Waals surface area contributed by atoms with Crippen LogP contribution in [0.15, 0.2) is 6.33 Å². The van der Waals surface area contributed by atoms with Crippen molar-refractivity contribution in [2.75, 3.05) is 29.2 Å². The second-order valence-corrected chi connectivity index (χ2v) is 6.76. The number of ether oxygens (including phenoxy) is 1. The van der Waals surface area contributed by atoms with Crippen LogP contribution >= 0.6 is 0 Å². The summed E-state index contributed by atoms with van der Waals surface area (Å²) in [6.45, 7) is 2.51. The fourth-order valence-corrected chi connectivity index (χ4v) is 3.58. The molecule has 1 aliphatic heterocycles. The first-order chi connectivity index (χ1) is 9.02. The van der Waals surface area contributed by atoms with Crippen LogP contribution in [0.4, 0.5) is 11.5 Å². The highest BCUT2D eigenvalue weighted by molar-refractivity contribution is 7.91. The number of hydrogen-bond acceptors (Lipinski definition) is 7. The molecular weight excluding hydrogens is 268 g/mol. The van der Waals surface area contributed by atoms with Gasteiger partial charge in [-0.3, -0.25) is 0 Å². The van der Waals surface area contributed by atoms with Crippen LogP contribution in [0.1, 0.15) is 19.8 Å². The number of rotatable bonds is 5. The molecule has 2 rings (SSSR count). The lowest BCUT2D eigenvalue weighted by molar-refractivity contribution is 0.306. The quantitative estimate of drug-likeness (QED) is 0.809. The normalized spacial score (nSPS) is 21.2. The van der Waals surface area contributed by atoms with Crippen molar-refractivity contribution in [3.63, 3.8) is 0 Å². The lowest BCUT2D eigenvalue weighted by Gasteiger charge is -2.14. The summed E-state index contributed by atoms with van der Waals surface area (Å²) < 4.78 is 28.2. The Labute approximate surface area is 112 Å². The largest absolute Gasteiger partial charge is 0.476 e. The van der Waals surface area contributed by atoms with Crippen LogP contribution in [0.25, 0.3) is 0 Å². The van der Waals surface area contributed by atoms with E-state index in [2.05, 4.69) is 15.3 Å². The molecule has 0 bridgehead atoms. The molecule has 1 fully saturated rings. The van der Waals surface area contributed by atoms with Gasteiger partial charge < -0.3 is 15.8 Å². The topological polar surface area (TPSA) is 107 Å². The van der Waals surface area contributed by atoms with E-state index in [0.717, 1.165) is 6.42 Å². The van der Waals surface area contributed by atoms with Crippen LogP contribution < -0.4 is 15.8 Å². The number of nitrogens with one attached hydrogen (secondary N) is 1. The molecule has 7 nitrogen and oxygen atoms in total. The summed E-state index contributed by atoms with van der Waals surface area (Å²) in [7, 11) is -2.93. The molecule has 106 valence electrons. The maximum absolute atomic E-state index is 11.4. The van der Waals surface area contributed by atoms with Crippen LogP contribution in [0, 0.1) is 0 Å². The number of hydrogen-bond donors (Lipinski definition) is 2. The van der Waals surface area contributed by atoms with Gasteiger partial charge in [0.15, 0.2) is 15.7 Å². The molecule has 1 aromatic rings. The number of aromatic nitrogens is 2. The SMILES string of the molecule is CCCOc1ncnc(NC2CCS(=O)(=O)C2)c1N. The summed E-state index contributed by atoms with van der Waals surface area (Å²) >= 11 is 0. The van der Waals surface area contributed by atoms with Gasteiger partial charge in [-0.15, -0.1) is 0 Å². The Kier molecular flexibility index (Phi) is 4.08. The van der Waals surface area contributed by atoms with E-state index in [0.29, 0.717) is 30.4 Å². The first-order valence-electron chi connectivity index (χ1n) is 6.22. The second-order valence-electron chi connectivity index (χ2n) is 4.53. The average Bonchev–Trinajstić information content (AvgIpc) is 2.70. The molecule has 2 heterocycles. The highest BCUT2D eigenvalue weighted by Gasteiger charge is 2.28. The molecule has 1 saturated heterocycles. The van der Waals surface area contributed by atoms with Crippen LogP contribution in [0.2, 0.25) is 0 Å². The van der Waals surface area contributed by atoms with Crippen LogP contribution in [0.3, 0.4) is 0 Å². The van der Waals surface area contributed by atoms with Gasteiger partial charge in [0.1, 0.15) is 12.0 Å². The predicted molar refractivity (Wildman–Crippen MR) is 72.9 cm³/mol. The molecule has 0 amide bonds. The van der Waals surface area contributed by atoms with Crippen molar-refractivity contribution in [1.29, 1.82) is 0 Å². The molecule has 1 unspecified atom stereocenters. The Balaban J connectivity index is 2.08. The molecule has 1 atom stereocenters. The average molecular weight is 286 g/mol. The number of nitrogens with two attached hydrogens (primary N) is 1. The third-order valence-corrected chi connectivity index (χ3v) is 4.63. The summed E-state index contributed by atoms with van der Waals surface area (Å²) in [4.78, 5) is 8.00. The Morgan fingerprint density at radius 2 is 2.32 bits per heavy atom. The molecule has 19 heavy (non-hydrogen) atoms. The Hall–Kier alpha value is -1.57. The third-order valence-electron chi connectivity index (χ3n) is 2.86. The third kappa shape index (κ3) is 3.46. The molecule has 0 aliphatic carbocycles. The fraction of sp³-hybridized carbons (Fsp3) is 0.636. The lowest BCUT2D eigenvalue weighted by atomic mass is 10.2. The molecule has 8 heteroatoms. The van der Waals surface area contributed by atoms with E-state index in [4.69, 9.17) is 10.5 Å². The molecular formula is C11H18N4O3S. The molecule has 0 aromatic carbocycles. The summed E-state index contributed by atoms with van der Waals surface area (Å²) in [5, 5.41) is 3.05. The van der Waals surface area contributed by atoms with Gasteiger partial charge in [-0.1, -0.05) is 6.92 Å². The van der Waals surface area contributed by atoms with Crippen LogP contribution in [-0.4, -0.2) is 42.5 Å². The molecule has 1 aliphatic rings. The number of anilines is 2. The minimum atomic E-state index is -2.93. The van der Waals surface area contributed by atoms with E-state index in [1.807, 2.05) is 6.92 Å². The summed E-state index contributed by atoms with van der Waals surface area (Å²) in [5.41, 5.74) is 6.23. The molecule has 3 N–H and O–H groups in total. The van der Waals surface area contributed by atoms with E-state index < -0.39 is 9.84 Å². The van der Waals surface area contributed by atoms with Gasteiger partial charge in [-0.2, -0.15) is 4.98 Å². The summed E-state index contributed by atoms with van der Waals surface area (Å²) in [6, 6.07) is -0.152. The minimum Gasteiger partial charge on any atom is -0.476 e. The summed E-state index contributed by atoms with van der Waals surface area (Å²) in [6.07, 6.45) is 2.77. The van der Waals surface area contributed by atoms with Crippen molar-refractivity contribution in [3.05, 3.63) is 6.33 Å². The Morgan fingerprint density at radius 3 is 2.95 bits per heavy atom. The van der Waals surface area contributed by atoms with Crippen molar-refractivity contribution in [1.82, 2.24) is 9.97 Å². The van der Waals surface area contributed by atoms with Crippen molar-refractivity contribution in [2.45, 2.75) is 25.8 Å². The Morgan fingerprint density at radius 1 is 1.53 bits per heavy atom. The van der Waals surface area contributed by atoms with Crippen LogP contribution in [-0.2, 0) is 9.84 Å². The van der Waals surface area contributed by atoms with E-state index in [9.17, 15) is 8.42 Å². The Bertz CT molecular complexity index is 547. The zero-order chi connectivity index (χ0) is 13.9. The summed E-state index contributed by atoms with van der Waals surface area (Å²) in [5.74, 6) is 1.08. The second kappa shape index (κ2) is 5.60. The van der Waals surface area contributed by atoms with E-state index in [1.165, 1.54) is 6.33 Å². The number of nitrogens with zero attached hydrogens (tertiary/aromatic N) is 2. The van der Waals surface area contributed by atoms with E-state index in [1.54, 1.807) is 0 Å². The lowest BCUT2D eigenvalue weighted by Crippen LogP contribution is -2.22. The fourth-order valence-electron chi connectivity index (χ4n) is 1.91. The first kappa shape index (κ1) is 13.9. The first-order valence-corrected chi connectivity index (χ1v) is 8.04. The van der Waals surface area contributed by atoms with Gasteiger partial charge >= 0.3 is 0 Å². The zero-order valence-corrected chi connectivity index (χ0v) is 11.6. The van der Waals surface area contributed by atoms with Crippen molar-refractivity contribution in [3.8, 4) is 5.88 Å². The highest BCUT2D eigenvalue weighted by atomic mass is 32.2. The van der Waals surface area contributed by atoms with Gasteiger partial charge in [0.05, 0.1) is 18.1 Å². The van der Waals surface area contributed by atoms with Gasteiger partial charge in [-0.25, -0.2) is 13.4 Å². The van der Waals surface area contributed by atoms with Crippen molar-refractivity contribution >= 4 is 21.3 Å². The number of nitrogen functional groups attached to an aromatic ring is 1. The van der Waals surface area contributed by atoms with Crippen LogP contribution in [0.5, 0.6) is 5.88 Å². The van der Waals surface area contributed by atoms with Gasteiger partial charge in [0.2, 0.25) is 5.88 Å². The standard InChI is InChI=1S/C11H18N4O3S/c1-2-4-18-11-9(12)10(13-7-14-11)15-8-3-5-19(16,17)6-8/h7-8H,2-6,12H2,1H3,(H,13,14,15). The van der Waals surface area contributed by atoms with Gasteiger partial charge in [0.25, 0.3) is 0 Å². The number of sulfone groups is 1. The monoisotopic (exact) mass is 286 g/mol. The highest BCUT2D eigenvalue weighted by Crippen LogP contribution is 2.26. The zero-order valence-electron chi connectivity index (χ0n) is 10.8. The maximum atomic E-state index is 11.4. The molecule has 0 radical (unpaired) electrons. The molecule has 1 aromatic heterocycles. The molecule has 0 spiro atoms. The minimum absolute atomic E-state index is 0.113. The predicted octanol–water partition coefficient (Wildman–Crippen LogP) is 0.447.